The van der Waals surface area contributed by atoms with Gasteiger partial charge in [-0.1, -0.05) is 11.6 Å². The van der Waals surface area contributed by atoms with Gasteiger partial charge in [-0.3, -0.25) is 4.79 Å². The first-order chi connectivity index (χ1) is 6.65. The zero-order valence-electron chi connectivity index (χ0n) is 7.37. The first kappa shape index (κ1) is 9.43. The van der Waals surface area contributed by atoms with Gasteiger partial charge in [0.05, 0.1) is 10.2 Å². The first-order valence-electron chi connectivity index (χ1n) is 3.99. The molecular weight excluding hydrogens is 220 g/mol. The van der Waals surface area contributed by atoms with Crippen molar-refractivity contribution in [3.63, 3.8) is 0 Å². The molecule has 14 heavy (non-hydrogen) atoms. The van der Waals surface area contributed by atoms with E-state index in [0.717, 1.165) is 15.9 Å². The van der Waals surface area contributed by atoms with Gasteiger partial charge in [-0.2, -0.15) is 0 Å². The first-order valence-corrected chi connectivity index (χ1v) is 5.18. The lowest BCUT2D eigenvalue weighted by atomic mass is 10.3. The van der Waals surface area contributed by atoms with Gasteiger partial charge < -0.3 is 5.32 Å². The second-order valence-corrected chi connectivity index (χ2v) is 4.44. The molecule has 2 aromatic rings. The highest BCUT2D eigenvalue weighted by Gasteiger charge is 2.02. The maximum atomic E-state index is 10.8. The van der Waals surface area contributed by atoms with Gasteiger partial charge in [-0.15, -0.1) is 11.3 Å². The number of anilines is 1. The van der Waals surface area contributed by atoms with Crippen molar-refractivity contribution in [3.8, 4) is 0 Å². The molecule has 0 saturated heterocycles. The number of rotatable bonds is 1. The lowest BCUT2D eigenvalue weighted by Gasteiger charge is -1.99. The highest BCUT2D eigenvalue weighted by molar-refractivity contribution is 7.22. The van der Waals surface area contributed by atoms with Crippen LogP contribution in [0.1, 0.15) is 6.92 Å². The zero-order chi connectivity index (χ0) is 10.1. The summed E-state index contributed by atoms with van der Waals surface area (Å²) in [5.41, 5.74) is 1.62. The molecule has 0 fully saturated rings. The van der Waals surface area contributed by atoms with Crippen LogP contribution >= 0.6 is 22.9 Å². The summed E-state index contributed by atoms with van der Waals surface area (Å²) >= 11 is 7.16. The number of halogens is 1. The fourth-order valence-electron chi connectivity index (χ4n) is 1.18. The van der Waals surface area contributed by atoms with Gasteiger partial charge >= 0.3 is 0 Å². The number of fused-ring (bicyclic) bond motifs is 1. The average Bonchev–Trinajstić information content (AvgIpc) is 2.42. The number of hydrogen-bond acceptors (Lipinski definition) is 3. The van der Waals surface area contributed by atoms with Crippen molar-refractivity contribution in [2.24, 2.45) is 0 Å². The molecule has 5 heteroatoms. The zero-order valence-corrected chi connectivity index (χ0v) is 8.95. The van der Waals surface area contributed by atoms with Crippen LogP contribution in [0.2, 0.25) is 4.47 Å². The van der Waals surface area contributed by atoms with E-state index in [-0.39, 0.29) is 5.91 Å². The van der Waals surface area contributed by atoms with E-state index < -0.39 is 0 Å². The number of carbonyl (C=O) groups is 1. The summed E-state index contributed by atoms with van der Waals surface area (Å²) in [6.07, 6.45) is 0. The molecule has 2 rings (SSSR count). The van der Waals surface area contributed by atoms with E-state index in [1.165, 1.54) is 18.3 Å². The largest absolute Gasteiger partial charge is 0.326 e. The second-order valence-electron chi connectivity index (χ2n) is 2.83. The number of amides is 1. The number of nitrogens with one attached hydrogen (secondary N) is 1. The summed E-state index contributed by atoms with van der Waals surface area (Å²) < 4.78 is 1.49. The molecule has 1 N–H and O–H groups in total. The monoisotopic (exact) mass is 226 g/mol. The summed E-state index contributed by atoms with van der Waals surface area (Å²) in [5, 5.41) is 2.70. The van der Waals surface area contributed by atoms with Crippen LogP contribution in [0.25, 0.3) is 10.2 Å². The summed E-state index contributed by atoms with van der Waals surface area (Å²) in [7, 11) is 0. The van der Waals surface area contributed by atoms with Crippen LogP contribution < -0.4 is 5.32 Å². The lowest BCUT2D eigenvalue weighted by Crippen LogP contribution is -2.05. The summed E-state index contributed by atoms with van der Waals surface area (Å²) in [6, 6.07) is 5.50. The summed E-state index contributed by atoms with van der Waals surface area (Å²) in [6.45, 7) is 1.48. The van der Waals surface area contributed by atoms with Crippen molar-refractivity contribution >= 4 is 44.7 Å². The second kappa shape index (κ2) is 3.55. The quantitative estimate of drug-likeness (QED) is 0.813. The molecule has 0 unspecified atom stereocenters. The molecule has 1 amide bonds. The molecular formula is C9H7ClN2OS. The molecule has 0 aliphatic rings. The molecule has 1 aromatic heterocycles. The molecule has 0 spiro atoms. The van der Waals surface area contributed by atoms with Crippen molar-refractivity contribution in [1.29, 1.82) is 0 Å². The van der Waals surface area contributed by atoms with Gasteiger partial charge in [0.15, 0.2) is 4.47 Å². The Morgan fingerprint density at radius 1 is 1.57 bits per heavy atom. The average molecular weight is 227 g/mol. The number of carbonyl (C=O) groups excluding carboxylic acids is 1. The Morgan fingerprint density at radius 3 is 3.07 bits per heavy atom. The molecule has 1 heterocycles. The summed E-state index contributed by atoms with van der Waals surface area (Å²) in [5.74, 6) is -0.0834. The Hall–Kier alpha value is -1.13. The SMILES string of the molecule is CC(=O)Nc1ccc2nc(Cl)sc2c1. The van der Waals surface area contributed by atoms with Crippen LogP contribution in [0, 0.1) is 0 Å². The van der Waals surface area contributed by atoms with Gasteiger partial charge in [0, 0.05) is 12.6 Å². The topological polar surface area (TPSA) is 42.0 Å². The Bertz CT molecular complexity index is 495. The Balaban J connectivity index is 2.45. The number of benzene rings is 1. The third-order valence-electron chi connectivity index (χ3n) is 1.68. The highest BCUT2D eigenvalue weighted by atomic mass is 35.5. The lowest BCUT2D eigenvalue weighted by molar-refractivity contribution is -0.114. The van der Waals surface area contributed by atoms with Crippen molar-refractivity contribution in [2.75, 3.05) is 5.32 Å². The van der Waals surface area contributed by atoms with Crippen LogP contribution in [-0.4, -0.2) is 10.9 Å². The minimum Gasteiger partial charge on any atom is -0.326 e. The molecule has 0 bridgehead atoms. The molecule has 1 aromatic carbocycles. The smallest absolute Gasteiger partial charge is 0.221 e. The third kappa shape index (κ3) is 1.86. The minimum atomic E-state index is -0.0834. The van der Waals surface area contributed by atoms with E-state index in [2.05, 4.69) is 10.3 Å². The molecule has 72 valence electrons. The molecule has 0 aliphatic carbocycles. The molecule has 0 atom stereocenters. The maximum Gasteiger partial charge on any atom is 0.221 e. The number of thiazole rings is 1. The Morgan fingerprint density at radius 2 is 2.36 bits per heavy atom. The number of nitrogens with zero attached hydrogens (tertiary/aromatic N) is 1. The van der Waals surface area contributed by atoms with Crippen LogP contribution in [0.4, 0.5) is 5.69 Å². The van der Waals surface area contributed by atoms with Crippen molar-refractivity contribution < 1.29 is 4.79 Å². The van der Waals surface area contributed by atoms with Gasteiger partial charge in [0.1, 0.15) is 0 Å². The van der Waals surface area contributed by atoms with Crippen molar-refractivity contribution in [2.45, 2.75) is 6.92 Å². The summed E-state index contributed by atoms with van der Waals surface area (Å²) in [4.78, 5) is 14.9. The molecule has 0 radical (unpaired) electrons. The van der Waals surface area contributed by atoms with Crippen LogP contribution in [0.15, 0.2) is 18.2 Å². The van der Waals surface area contributed by atoms with Gasteiger partial charge in [-0.25, -0.2) is 4.98 Å². The Kier molecular flexibility index (Phi) is 2.39. The standard InChI is InChI=1S/C9H7ClN2OS/c1-5(13)11-6-2-3-7-8(4-6)14-9(10)12-7/h2-4H,1H3,(H,11,13). The fraction of sp³-hybridized carbons (Fsp3) is 0.111. The van der Waals surface area contributed by atoms with Crippen LogP contribution in [0.3, 0.4) is 0 Å². The number of hydrogen-bond donors (Lipinski definition) is 1. The predicted octanol–water partition coefficient (Wildman–Crippen LogP) is 2.91. The van der Waals surface area contributed by atoms with Gasteiger partial charge in [0.2, 0.25) is 5.91 Å². The van der Waals surface area contributed by atoms with E-state index in [1.54, 1.807) is 6.07 Å². The van der Waals surface area contributed by atoms with E-state index in [9.17, 15) is 4.79 Å². The van der Waals surface area contributed by atoms with Gasteiger partial charge in [0.25, 0.3) is 0 Å². The van der Waals surface area contributed by atoms with E-state index in [0.29, 0.717) is 4.47 Å². The molecule has 0 aliphatic heterocycles. The van der Waals surface area contributed by atoms with E-state index >= 15 is 0 Å². The number of aromatic nitrogens is 1. The fourth-order valence-corrected chi connectivity index (χ4v) is 2.25. The van der Waals surface area contributed by atoms with Crippen LogP contribution in [-0.2, 0) is 4.79 Å². The molecule has 0 saturated carbocycles. The third-order valence-corrected chi connectivity index (χ3v) is 2.81. The maximum absolute atomic E-state index is 10.8. The minimum absolute atomic E-state index is 0.0834. The Labute approximate surface area is 89.7 Å². The predicted molar refractivity (Wildman–Crippen MR) is 58.9 cm³/mol. The van der Waals surface area contributed by atoms with E-state index in [1.807, 2.05) is 12.1 Å². The van der Waals surface area contributed by atoms with Crippen LogP contribution in [0.5, 0.6) is 0 Å². The normalized spacial score (nSPS) is 10.4. The molecule has 3 nitrogen and oxygen atoms in total. The highest BCUT2D eigenvalue weighted by Crippen LogP contribution is 2.27. The van der Waals surface area contributed by atoms with Gasteiger partial charge in [-0.05, 0) is 18.2 Å². The van der Waals surface area contributed by atoms with Crippen molar-refractivity contribution in [3.05, 3.63) is 22.7 Å². The van der Waals surface area contributed by atoms with E-state index in [4.69, 9.17) is 11.6 Å². The van der Waals surface area contributed by atoms with Crippen molar-refractivity contribution in [1.82, 2.24) is 4.98 Å².